The summed E-state index contributed by atoms with van der Waals surface area (Å²) in [5.41, 5.74) is 0.0277. The van der Waals surface area contributed by atoms with Gasteiger partial charge in [-0.05, 0) is 19.5 Å². The fourth-order valence-corrected chi connectivity index (χ4v) is 1.42. The van der Waals surface area contributed by atoms with Gasteiger partial charge in [0, 0.05) is 38.8 Å². The number of nitro benzene ring substituents is 1. The van der Waals surface area contributed by atoms with E-state index in [1.165, 1.54) is 23.1 Å². The van der Waals surface area contributed by atoms with Crippen LogP contribution in [-0.4, -0.2) is 22.4 Å². The van der Waals surface area contributed by atoms with Crippen LogP contribution in [0.25, 0.3) is 0 Å². The number of hydrogen-bond donors (Lipinski definition) is 1. The number of nitrogens with one attached hydrogen (secondary N) is 1. The average molecular weight is 388 g/mol. The molecule has 0 aliphatic carbocycles. The molecule has 119 valence electrons. The fourth-order valence-electron chi connectivity index (χ4n) is 1.42. The van der Waals surface area contributed by atoms with Gasteiger partial charge in [-0.2, -0.15) is 36.4 Å². The van der Waals surface area contributed by atoms with Crippen LogP contribution in [0.2, 0.25) is 0 Å². The Hall–Kier alpha value is -1.79. The topological polar surface area (TPSA) is 75.5 Å². The van der Waals surface area contributed by atoms with Crippen molar-refractivity contribution in [2.24, 2.45) is 0 Å². The van der Waals surface area contributed by atoms with Crippen LogP contribution in [-0.2, 0) is 32.7 Å². The molecule has 0 unspecified atom stereocenters. The number of amides is 2. The van der Waals surface area contributed by atoms with E-state index in [4.69, 9.17) is 0 Å². The first-order valence-corrected chi connectivity index (χ1v) is 6.59. The first-order chi connectivity index (χ1) is 10.6. The molecule has 0 saturated heterocycles. The number of carbonyl (C=O) groups excluding carboxylic acids is 1. The second-order valence-electron chi connectivity index (χ2n) is 4.14. The molecule has 1 radical (unpaired) electrons. The molecule has 0 aliphatic heterocycles. The van der Waals surface area contributed by atoms with Crippen molar-refractivity contribution in [3.63, 3.8) is 0 Å². The van der Waals surface area contributed by atoms with E-state index in [0.717, 1.165) is 0 Å². The molecule has 2 amide bonds. The van der Waals surface area contributed by atoms with E-state index in [2.05, 4.69) is 18.4 Å². The summed E-state index contributed by atoms with van der Waals surface area (Å²) < 4.78 is 0. The van der Waals surface area contributed by atoms with Gasteiger partial charge in [0.05, 0.1) is 4.92 Å². The predicted octanol–water partition coefficient (Wildman–Crippen LogP) is 3.72. The molecule has 23 heavy (non-hydrogen) atoms. The van der Waals surface area contributed by atoms with Crippen LogP contribution in [0.15, 0.2) is 54.6 Å². The van der Waals surface area contributed by atoms with E-state index in [9.17, 15) is 14.9 Å². The number of benzene rings is 2. The number of anilines is 1. The van der Waals surface area contributed by atoms with E-state index < -0.39 is 11.0 Å². The Morgan fingerprint density at radius 3 is 2.30 bits per heavy atom. The first-order valence-electron chi connectivity index (χ1n) is 6.59. The van der Waals surface area contributed by atoms with Crippen LogP contribution in [0.4, 0.5) is 16.2 Å². The van der Waals surface area contributed by atoms with Crippen molar-refractivity contribution in [3.05, 3.63) is 77.8 Å². The minimum Gasteiger partial charge on any atom is -0.477 e. The maximum absolute atomic E-state index is 11.4. The third-order valence-electron chi connectivity index (χ3n) is 2.62. The van der Waals surface area contributed by atoms with Crippen molar-refractivity contribution in [1.82, 2.24) is 4.90 Å². The summed E-state index contributed by atoms with van der Waals surface area (Å²) in [6.45, 7) is 2.18. The number of carbonyl (C=O) groups is 1. The van der Waals surface area contributed by atoms with Gasteiger partial charge in [-0.15, -0.1) is 0 Å². The van der Waals surface area contributed by atoms with E-state index in [1.54, 1.807) is 13.0 Å². The van der Waals surface area contributed by atoms with Crippen molar-refractivity contribution in [1.29, 1.82) is 0 Å². The summed E-state index contributed by atoms with van der Waals surface area (Å²) in [6, 6.07) is 18.0. The zero-order valence-electron chi connectivity index (χ0n) is 12.8. The fraction of sp³-hybridized carbons (Fsp3) is 0.125. The Labute approximate surface area is 160 Å². The van der Waals surface area contributed by atoms with Crippen molar-refractivity contribution < 1.29 is 42.4 Å². The first kappa shape index (κ1) is 21.2. The van der Waals surface area contributed by atoms with Gasteiger partial charge in [0.1, 0.15) is 5.69 Å². The molecule has 6 nitrogen and oxygen atoms in total. The Bertz CT molecular complexity index is 582. The molecule has 0 atom stereocenters. The summed E-state index contributed by atoms with van der Waals surface area (Å²) in [7, 11) is 3.48. The van der Waals surface area contributed by atoms with E-state index in [0.29, 0.717) is 6.54 Å². The zero-order chi connectivity index (χ0) is 16.4. The summed E-state index contributed by atoms with van der Waals surface area (Å²) >= 11 is 0. The smallest absolute Gasteiger partial charge is 0.292 e. The Balaban J connectivity index is 0.000000581. The molecule has 0 fully saturated rings. The molecule has 0 aromatic heterocycles. The summed E-state index contributed by atoms with van der Waals surface area (Å²) in [5, 5.41) is 13.1. The molecular weight excluding hydrogens is 371 g/mol. The summed E-state index contributed by atoms with van der Waals surface area (Å²) in [6.07, 6.45) is 0. The van der Waals surface area contributed by atoms with Crippen molar-refractivity contribution in [3.8, 4) is 0 Å². The minimum absolute atomic E-state index is 0. The van der Waals surface area contributed by atoms with Gasteiger partial charge in [0.25, 0.3) is 11.7 Å². The molecular formula is C16H17N3O3Y-2. The average Bonchev–Trinajstić information content (AvgIpc) is 2.56. The van der Waals surface area contributed by atoms with Gasteiger partial charge >= 0.3 is 0 Å². The standard InChI is InChI=1S/C10H12N3O3.C6H5.Y/c1-3-12(2)10(14)11-8-6-4-5-7-9(8)13(15)16;1-2-4-6-5-3-1;/h4-7H,2-3H2,1H3,(H,11,14);1-5H;/q2*-1;. The minimum atomic E-state index is -0.547. The molecule has 2 aromatic rings. The van der Waals surface area contributed by atoms with Crippen LogP contribution in [0.3, 0.4) is 0 Å². The molecule has 0 spiro atoms. The van der Waals surface area contributed by atoms with Crippen LogP contribution in [0, 0.1) is 23.2 Å². The van der Waals surface area contributed by atoms with Gasteiger partial charge in [0.2, 0.25) is 0 Å². The predicted molar refractivity (Wildman–Crippen MR) is 85.1 cm³/mol. The van der Waals surface area contributed by atoms with Crippen molar-refractivity contribution in [2.75, 3.05) is 11.9 Å². The maximum Gasteiger partial charge on any atom is 0.292 e. The third kappa shape index (κ3) is 7.86. The van der Waals surface area contributed by atoms with Gasteiger partial charge < -0.3 is 10.2 Å². The second kappa shape index (κ2) is 11.7. The zero-order valence-corrected chi connectivity index (χ0v) is 15.6. The SMILES string of the molecule is [CH2-]N(CC)C(=O)Nc1ccccc1[N+](=O)[O-].[Y].[c-]1ccccc1. The molecule has 1 N–H and O–H groups in total. The van der Waals surface area contributed by atoms with Crippen LogP contribution < -0.4 is 5.32 Å². The van der Waals surface area contributed by atoms with Gasteiger partial charge in [-0.1, -0.05) is 12.1 Å². The number of para-hydroxylation sites is 2. The molecule has 0 heterocycles. The summed E-state index contributed by atoms with van der Waals surface area (Å²) in [5.74, 6) is 0. The van der Waals surface area contributed by atoms with Gasteiger partial charge in [0.15, 0.2) is 0 Å². The number of nitrogens with zero attached hydrogens (tertiary/aromatic N) is 2. The van der Waals surface area contributed by atoms with Crippen LogP contribution in [0.5, 0.6) is 0 Å². The largest absolute Gasteiger partial charge is 0.477 e. The summed E-state index contributed by atoms with van der Waals surface area (Å²) in [4.78, 5) is 22.7. The monoisotopic (exact) mass is 388 g/mol. The maximum atomic E-state index is 11.4. The van der Waals surface area contributed by atoms with Crippen molar-refractivity contribution in [2.45, 2.75) is 6.92 Å². The van der Waals surface area contributed by atoms with Crippen LogP contribution in [0.1, 0.15) is 6.92 Å². The van der Waals surface area contributed by atoms with Crippen LogP contribution >= 0.6 is 0 Å². The normalized spacial score (nSPS) is 8.78. The number of urea groups is 1. The van der Waals surface area contributed by atoms with E-state index >= 15 is 0 Å². The quantitative estimate of drug-likeness (QED) is 0.495. The molecule has 2 rings (SSSR count). The van der Waals surface area contributed by atoms with E-state index in [-0.39, 0.29) is 44.1 Å². The van der Waals surface area contributed by atoms with Gasteiger partial charge in [-0.25, -0.2) is 0 Å². The Morgan fingerprint density at radius 1 is 1.26 bits per heavy atom. The van der Waals surface area contributed by atoms with E-state index in [1.807, 2.05) is 30.3 Å². The number of nitro groups is 1. The molecule has 7 heteroatoms. The third-order valence-corrected chi connectivity index (χ3v) is 2.62. The Morgan fingerprint density at radius 2 is 1.87 bits per heavy atom. The second-order valence-corrected chi connectivity index (χ2v) is 4.14. The molecule has 0 saturated carbocycles. The van der Waals surface area contributed by atoms with Crippen molar-refractivity contribution >= 4 is 17.4 Å². The molecule has 0 aliphatic rings. The molecule has 2 aromatic carbocycles. The number of rotatable bonds is 3. The number of hydrogen-bond acceptors (Lipinski definition) is 3. The van der Waals surface area contributed by atoms with Gasteiger partial charge in [-0.3, -0.25) is 22.0 Å². The molecule has 0 bridgehead atoms. The Kier molecular flexibility index (Phi) is 10.8.